The van der Waals surface area contributed by atoms with Gasteiger partial charge in [0.1, 0.15) is 0 Å². The van der Waals surface area contributed by atoms with Crippen molar-refractivity contribution in [1.82, 2.24) is 0 Å². The topological polar surface area (TPSA) is 34.1 Å². The molecule has 1 rings (SSSR count). The molecule has 0 aliphatic rings. The van der Waals surface area contributed by atoms with Crippen molar-refractivity contribution in [2.24, 2.45) is 0 Å². The zero-order valence-corrected chi connectivity index (χ0v) is 11.3. The van der Waals surface area contributed by atoms with Crippen LogP contribution in [0.4, 0.5) is 0 Å². The van der Waals surface area contributed by atoms with Gasteiger partial charge in [0.15, 0.2) is 11.6 Å². The number of carbonyl (C=O) groups is 2. The zero-order valence-electron chi connectivity index (χ0n) is 11.3. The summed E-state index contributed by atoms with van der Waals surface area (Å²) in [6.07, 6.45) is 3.18. The number of rotatable bonds is 4. The first-order chi connectivity index (χ1) is 8.40. The van der Waals surface area contributed by atoms with E-state index >= 15 is 0 Å². The van der Waals surface area contributed by atoms with E-state index < -0.39 is 0 Å². The van der Waals surface area contributed by atoms with Crippen molar-refractivity contribution in [3.8, 4) is 0 Å². The van der Waals surface area contributed by atoms with Crippen molar-refractivity contribution in [2.75, 3.05) is 0 Å². The van der Waals surface area contributed by atoms with Crippen LogP contribution >= 0.6 is 0 Å². The molecule has 0 saturated heterocycles. The highest BCUT2D eigenvalue weighted by Gasteiger charge is 2.05. The molecular formula is C16H18O2. The van der Waals surface area contributed by atoms with Crippen LogP contribution in [0.5, 0.6) is 0 Å². The van der Waals surface area contributed by atoms with Crippen molar-refractivity contribution in [3.05, 3.63) is 58.7 Å². The maximum atomic E-state index is 11.7. The molecule has 0 aliphatic carbocycles. The van der Waals surface area contributed by atoms with E-state index in [0.29, 0.717) is 11.1 Å². The first-order valence-electron chi connectivity index (χ1n) is 5.88. The molecule has 0 unspecified atom stereocenters. The molecule has 1 aromatic rings. The molecule has 94 valence electrons. The lowest BCUT2D eigenvalue weighted by atomic mass is 10.0. The Bertz CT molecular complexity index is 460. The summed E-state index contributed by atoms with van der Waals surface area (Å²) in [5.41, 5.74) is 3.13. The number of ketones is 2. The Balaban J connectivity index is 2.93. The summed E-state index contributed by atoms with van der Waals surface area (Å²) in [6, 6.07) is 6.75. The minimum Gasteiger partial charge on any atom is -0.289 e. The number of hydrogen-bond acceptors (Lipinski definition) is 2. The molecule has 18 heavy (non-hydrogen) atoms. The summed E-state index contributed by atoms with van der Waals surface area (Å²) >= 11 is 0. The van der Waals surface area contributed by atoms with E-state index in [2.05, 4.69) is 0 Å². The highest BCUT2D eigenvalue weighted by atomic mass is 16.1. The van der Waals surface area contributed by atoms with E-state index in [1.165, 1.54) is 0 Å². The Hall–Kier alpha value is -1.96. The molecule has 0 aromatic heterocycles. The molecule has 2 heteroatoms. The minimum atomic E-state index is -0.0313. The summed E-state index contributed by atoms with van der Waals surface area (Å²) in [4.78, 5) is 23.5. The minimum absolute atomic E-state index is 0.0313. The van der Waals surface area contributed by atoms with Crippen LogP contribution in [0, 0.1) is 0 Å². The highest BCUT2D eigenvalue weighted by Crippen LogP contribution is 2.09. The molecule has 0 heterocycles. The lowest BCUT2D eigenvalue weighted by molar-refractivity contribution is 0.103. The van der Waals surface area contributed by atoms with Gasteiger partial charge in [-0.1, -0.05) is 35.4 Å². The van der Waals surface area contributed by atoms with Crippen LogP contribution in [0.25, 0.3) is 0 Å². The van der Waals surface area contributed by atoms with Crippen LogP contribution in [0.3, 0.4) is 0 Å². The molecule has 0 amide bonds. The summed E-state index contributed by atoms with van der Waals surface area (Å²) in [5.74, 6) is -0.0626. The molecule has 2 nitrogen and oxygen atoms in total. The summed E-state index contributed by atoms with van der Waals surface area (Å²) in [7, 11) is 0. The lowest BCUT2D eigenvalue weighted by Crippen LogP contribution is -1.99. The third kappa shape index (κ3) is 4.13. The van der Waals surface area contributed by atoms with Crippen molar-refractivity contribution < 1.29 is 9.59 Å². The summed E-state index contributed by atoms with van der Waals surface area (Å²) in [6.45, 7) is 7.52. The average molecular weight is 242 g/mol. The van der Waals surface area contributed by atoms with Gasteiger partial charge in [-0.15, -0.1) is 0 Å². The van der Waals surface area contributed by atoms with Crippen LogP contribution in [0.2, 0.25) is 0 Å². The SMILES string of the molecule is CC(C)=CC(=O)c1ccc(C(=O)C=C(C)C)cc1. The smallest absolute Gasteiger partial charge is 0.185 e. The van der Waals surface area contributed by atoms with Gasteiger partial charge in [0.2, 0.25) is 0 Å². The maximum Gasteiger partial charge on any atom is 0.185 e. The van der Waals surface area contributed by atoms with Crippen molar-refractivity contribution in [2.45, 2.75) is 27.7 Å². The van der Waals surface area contributed by atoms with Gasteiger partial charge in [0.05, 0.1) is 0 Å². The third-order valence-electron chi connectivity index (χ3n) is 2.29. The normalized spacial score (nSPS) is 9.56. The zero-order chi connectivity index (χ0) is 13.7. The molecule has 0 spiro atoms. The molecule has 1 aromatic carbocycles. The van der Waals surface area contributed by atoms with Gasteiger partial charge in [-0.3, -0.25) is 9.59 Å². The Morgan fingerprint density at radius 1 is 0.722 bits per heavy atom. The fourth-order valence-electron chi connectivity index (χ4n) is 1.49. The van der Waals surface area contributed by atoms with E-state index in [-0.39, 0.29) is 11.6 Å². The fourth-order valence-corrected chi connectivity index (χ4v) is 1.49. The Kier molecular flexibility index (Phi) is 4.78. The Labute approximate surface area is 108 Å². The van der Waals surface area contributed by atoms with Gasteiger partial charge < -0.3 is 0 Å². The second-order valence-corrected chi connectivity index (χ2v) is 4.75. The monoisotopic (exact) mass is 242 g/mol. The third-order valence-corrected chi connectivity index (χ3v) is 2.29. The number of carbonyl (C=O) groups excluding carboxylic acids is 2. The predicted octanol–water partition coefficient (Wildman–Crippen LogP) is 3.98. The standard InChI is InChI=1S/C16H18O2/c1-11(2)9-15(17)13-5-7-14(8-6-13)16(18)10-12(3)4/h5-10H,1-4H3. The molecule has 0 bridgehead atoms. The van der Waals surface area contributed by atoms with Gasteiger partial charge >= 0.3 is 0 Å². The molecule has 0 N–H and O–H groups in total. The van der Waals surface area contributed by atoms with Crippen LogP contribution in [-0.4, -0.2) is 11.6 Å². The summed E-state index contributed by atoms with van der Waals surface area (Å²) in [5, 5.41) is 0. The van der Waals surface area contributed by atoms with Crippen LogP contribution in [0.1, 0.15) is 48.4 Å². The van der Waals surface area contributed by atoms with Crippen molar-refractivity contribution in [3.63, 3.8) is 0 Å². The van der Waals surface area contributed by atoms with Gasteiger partial charge in [-0.25, -0.2) is 0 Å². The number of hydrogen-bond donors (Lipinski definition) is 0. The average Bonchev–Trinajstić information content (AvgIpc) is 2.27. The number of benzene rings is 1. The van der Waals surface area contributed by atoms with E-state index in [9.17, 15) is 9.59 Å². The van der Waals surface area contributed by atoms with E-state index in [1.54, 1.807) is 36.4 Å². The molecule has 0 aliphatic heterocycles. The van der Waals surface area contributed by atoms with E-state index in [0.717, 1.165) is 11.1 Å². The number of allylic oxidation sites excluding steroid dienone is 4. The molecule has 0 saturated carbocycles. The first kappa shape index (κ1) is 14.1. The molecule has 0 atom stereocenters. The quantitative estimate of drug-likeness (QED) is 0.591. The molecule has 0 radical (unpaired) electrons. The van der Waals surface area contributed by atoms with Gasteiger partial charge in [-0.2, -0.15) is 0 Å². The first-order valence-corrected chi connectivity index (χ1v) is 5.88. The summed E-state index contributed by atoms with van der Waals surface area (Å²) < 4.78 is 0. The maximum absolute atomic E-state index is 11.7. The Morgan fingerprint density at radius 2 is 1.00 bits per heavy atom. The van der Waals surface area contributed by atoms with E-state index in [4.69, 9.17) is 0 Å². The highest BCUT2D eigenvalue weighted by molar-refractivity contribution is 6.07. The Morgan fingerprint density at radius 3 is 1.22 bits per heavy atom. The fraction of sp³-hybridized carbons (Fsp3) is 0.250. The van der Waals surface area contributed by atoms with Gasteiger partial charge in [-0.05, 0) is 39.8 Å². The van der Waals surface area contributed by atoms with Crippen LogP contribution < -0.4 is 0 Å². The van der Waals surface area contributed by atoms with Crippen molar-refractivity contribution >= 4 is 11.6 Å². The molecule has 0 fully saturated rings. The lowest BCUT2D eigenvalue weighted by Gasteiger charge is -2.00. The predicted molar refractivity (Wildman–Crippen MR) is 74.0 cm³/mol. The van der Waals surface area contributed by atoms with Crippen molar-refractivity contribution in [1.29, 1.82) is 0 Å². The van der Waals surface area contributed by atoms with Crippen LogP contribution in [-0.2, 0) is 0 Å². The van der Waals surface area contributed by atoms with E-state index in [1.807, 2.05) is 27.7 Å². The van der Waals surface area contributed by atoms with Gasteiger partial charge in [0, 0.05) is 11.1 Å². The van der Waals surface area contributed by atoms with Crippen LogP contribution in [0.15, 0.2) is 47.6 Å². The second kappa shape index (κ2) is 6.10. The largest absolute Gasteiger partial charge is 0.289 e. The second-order valence-electron chi connectivity index (χ2n) is 4.75. The molecular weight excluding hydrogens is 224 g/mol. The van der Waals surface area contributed by atoms with Gasteiger partial charge in [0.25, 0.3) is 0 Å².